The van der Waals surface area contributed by atoms with E-state index in [1.54, 1.807) is 48.2 Å². The van der Waals surface area contributed by atoms with Crippen LogP contribution in [0.4, 0.5) is 0 Å². The number of amides is 3. The van der Waals surface area contributed by atoms with Gasteiger partial charge >= 0.3 is 0 Å². The van der Waals surface area contributed by atoms with E-state index in [0.29, 0.717) is 50.6 Å². The summed E-state index contributed by atoms with van der Waals surface area (Å²) in [6.07, 6.45) is 0. The monoisotopic (exact) mass is 418 g/mol. The number of ether oxygens (including phenoxy) is 1. The van der Waals surface area contributed by atoms with Crippen molar-refractivity contribution in [3.8, 4) is 5.75 Å². The standard InChI is InChI=1S/C22H34N4O4/c1-6-30-18-9-7-17(8-10-18)21(28)23-20(16(2)3)22(29)26-13-11-25(12-14-26)15-19(27)24(4)5/h7-10,16,20H,6,11-15H2,1-5H3,(H,23,28). The molecule has 0 saturated carbocycles. The minimum absolute atomic E-state index is 0.0440. The highest BCUT2D eigenvalue weighted by atomic mass is 16.5. The highest BCUT2D eigenvalue weighted by Gasteiger charge is 2.31. The van der Waals surface area contributed by atoms with Crippen molar-refractivity contribution >= 4 is 17.7 Å². The molecule has 1 aromatic rings. The van der Waals surface area contributed by atoms with Crippen LogP contribution in [0.5, 0.6) is 5.75 Å². The number of rotatable bonds is 8. The molecule has 1 N–H and O–H groups in total. The molecular weight excluding hydrogens is 384 g/mol. The number of benzene rings is 1. The van der Waals surface area contributed by atoms with Crippen LogP contribution in [0.1, 0.15) is 31.1 Å². The van der Waals surface area contributed by atoms with Crippen LogP contribution in [-0.4, -0.2) is 91.9 Å². The second-order valence-corrected chi connectivity index (χ2v) is 8.04. The van der Waals surface area contributed by atoms with Crippen molar-refractivity contribution in [2.75, 3.05) is 53.4 Å². The summed E-state index contributed by atoms with van der Waals surface area (Å²) in [5, 5.41) is 2.89. The van der Waals surface area contributed by atoms with Crippen LogP contribution >= 0.6 is 0 Å². The summed E-state index contributed by atoms with van der Waals surface area (Å²) >= 11 is 0. The lowest BCUT2D eigenvalue weighted by molar-refractivity contribution is -0.136. The van der Waals surface area contributed by atoms with Gasteiger partial charge in [0.1, 0.15) is 11.8 Å². The maximum Gasteiger partial charge on any atom is 0.251 e. The molecule has 1 fully saturated rings. The molecule has 1 heterocycles. The van der Waals surface area contributed by atoms with Crippen molar-refractivity contribution in [1.82, 2.24) is 20.0 Å². The van der Waals surface area contributed by atoms with Crippen molar-refractivity contribution in [3.63, 3.8) is 0 Å². The van der Waals surface area contributed by atoms with Gasteiger partial charge in [-0.1, -0.05) is 13.8 Å². The zero-order valence-corrected chi connectivity index (χ0v) is 18.7. The van der Waals surface area contributed by atoms with Crippen LogP contribution < -0.4 is 10.1 Å². The van der Waals surface area contributed by atoms with Gasteiger partial charge in [-0.25, -0.2) is 0 Å². The van der Waals surface area contributed by atoms with Gasteiger partial charge in [0.05, 0.1) is 13.2 Å². The molecule has 0 bridgehead atoms. The molecule has 3 amide bonds. The van der Waals surface area contributed by atoms with E-state index in [9.17, 15) is 14.4 Å². The lowest BCUT2D eigenvalue weighted by Crippen LogP contribution is -2.57. The number of hydrogen-bond donors (Lipinski definition) is 1. The Labute approximate surface area is 179 Å². The molecule has 1 aromatic carbocycles. The lowest BCUT2D eigenvalue weighted by Gasteiger charge is -2.37. The van der Waals surface area contributed by atoms with Gasteiger partial charge in [0.2, 0.25) is 11.8 Å². The molecule has 1 saturated heterocycles. The lowest BCUT2D eigenvalue weighted by atomic mass is 10.0. The first-order chi connectivity index (χ1) is 14.2. The summed E-state index contributed by atoms with van der Waals surface area (Å²) < 4.78 is 5.40. The maximum absolute atomic E-state index is 13.1. The molecule has 1 aliphatic rings. The first-order valence-electron chi connectivity index (χ1n) is 10.5. The Morgan fingerprint density at radius 1 is 1.07 bits per heavy atom. The molecule has 0 radical (unpaired) electrons. The van der Waals surface area contributed by atoms with E-state index in [1.807, 2.05) is 20.8 Å². The molecule has 1 atom stereocenters. The smallest absolute Gasteiger partial charge is 0.251 e. The Bertz CT molecular complexity index is 725. The molecule has 166 valence electrons. The summed E-state index contributed by atoms with van der Waals surface area (Å²) in [6.45, 7) is 9.04. The fourth-order valence-electron chi connectivity index (χ4n) is 3.26. The highest BCUT2D eigenvalue weighted by Crippen LogP contribution is 2.14. The van der Waals surface area contributed by atoms with Gasteiger partial charge in [-0.2, -0.15) is 0 Å². The average Bonchev–Trinajstić information content (AvgIpc) is 2.72. The molecule has 1 unspecified atom stereocenters. The van der Waals surface area contributed by atoms with Crippen molar-refractivity contribution in [3.05, 3.63) is 29.8 Å². The van der Waals surface area contributed by atoms with Crippen LogP contribution in [0.15, 0.2) is 24.3 Å². The maximum atomic E-state index is 13.1. The van der Waals surface area contributed by atoms with Crippen molar-refractivity contribution in [2.45, 2.75) is 26.8 Å². The van der Waals surface area contributed by atoms with Crippen molar-refractivity contribution in [2.24, 2.45) is 5.92 Å². The number of likely N-dealkylation sites (N-methyl/N-ethyl adjacent to an activating group) is 1. The summed E-state index contributed by atoms with van der Waals surface area (Å²) in [5.41, 5.74) is 0.490. The number of hydrogen-bond acceptors (Lipinski definition) is 5. The number of carbonyl (C=O) groups excluding carboxylic acids is 3. The van der Waals surface area contributed by atoms with Gasteiger partial charge in [-0.05, 0) is 37.1 Å². The Balaban J connectivity index is 1.95. The zero-order chi connectivity index (χ0) is 22.3. The molecule has 0 aliphatic carbocycles. The Morgan fingerprint density at radius 3 is 2.17 bits per heavy atom. The van der Waals surface area contributed by atoms with Crippen LogP contribution in [0.2, 0.25) is 0 Å². The quantitative estimate of drug-likeness (QED) is 0.683. The van der Waals surface area contributed by atoms with Gasteiger partial charge in [-0.15, -0.1) is 0 Å². The number of carbonyl (C=O) groups is 3. The minimum Gasteiger partial charge on any atom is -0.494 e. The molecule has 1 aliphatic heterocycles. The third-order valence-electron chi connectivity index (χ3n) is 5.19. The molecule has 30 heavy (non-hydrogen) atoms. The van der Waals surface area contributed by atoms with E-state index in [-0.39, 0.29) is 23.6 Å². The number of nitrogens with one attached hydrogen (secondary N) is 1. The van der Waals surface area contributed by atoms with Gasteiger partial charge in [0.25, 0.3) is 5.91 Å². The average molecular weight is 419 g/mol. The van der Waals surface area contributed by atoms with Crippen LogP contribution in [0, 0.1) is 5.92 Å². The van der Waals surface area contributed by atoms with E-state index in [0.717, 1.165) is 0 Å². The van der Waals surface area contributed by atoms with Gasteiger partial charge in [0.15, 0.2) is 0 Å². The van der Waals surface area contributed by atoms with Gasteiger partial charge in [-0.3, -0.25) is 19.3 Å². The summed E-state index contributed by atoms with van der Waals surface area (Å²) in [7, 11) is 3.48. The van der Waals surface area contributed by atoms with E-state index in [4.69, 9.17) is 4.74 Å². The molecule has 8 nitrogen and oxygen atoms in total. The summed E-state index contributed by atoms with van der Waals surface area (Å²) in [6, 6.07) is 6.29. The van der Waals surface area contributed by atoms with Crippen molar-refractivity contribution in [1.29, 1.82) is 0 Å². The van der Waals surface area contributed by atoms with E-state index in [2.05, 4.69) is 10.2 Å². The van der Waals surface area contributed by atoms with Gasteiger partial charge in [0, 0.05) is 45.8 Å². The SMILES string of the molecule is CCOc1ccc(C(=O)NC(C(=O)N2CCN(CC(=O)N(C)C)CC2)C(C)C)cc1. The Kier molecular flexibility index (Phi) is 8.65. The van der Waals surface area contributed by atoms with Crippen LogP contribution in [0.25, 0.3) is 0 Å². The molecule has 0 aromatic heterocycles. The largest absolute Gasteiger partial charge is 0.494 e. The third-order valence-corrected chi connectivity index (χ3v) is 5.19. The first-order valence-corrected chi connectivity index (χ1v) is 10.5. The fraction of sp³-hybridized carbons (Fsp3) is 0.591. The molecule has 2 rings (SSSR count). The molecule has 0 spiro atoms. The predicted octanol–water partition coefficient (Wildman–Crippen LogP) is 1.07. The van der Waals surface area contributed by atoms with Crippen molar-refractivity contribution < 1.29 is 19.1 Å². The van der Waals surface area contributed by atoms with Crippen LogP contribution in [-0.2, 0) is 9.59 Å². The van der Waals surface area contributed by atoms with Crippen LogP contribution in [0.3, 0.4) is 0 Å². The minimum atomic E-state index is -0.598. The third kappa shape index (κ3) is 6.45. The van der Waals surface area contributed by atoms with E-state index >= 15 is 0 Å². The normalized spacial score (nSPS) is 15.6. The Morgan fingerprint density at radius 2 is 1.67 bits per heavy atom. The molecule has 8 heteroatoms. The highest BCUT2D eigenvalue weighted by molar-refractivity contribution is 5.97. The van der Waals surface area contributed by atoms with Gasteiger partial charge < -0.3 is 19.9 Å². The number of nitrogens with zero attached hydrogens (tertiary/aromatic N) is 3. The molecular formula is C22H34N4O4. The number of piperazine rings is 1. The predicted molar refractivity (Wildman–Crippen MR) is 115 cm³/mol. The fourth-order valence-corrected chi connectivity index (χ4v) is 3.26. The Hall–Kier alpha value is -2.61. The summed E-state index contributed by atoms with van der Waals surface area (Å²) in [5.74, 6) is 0.356. The second kappa shape index (κ2) is 11.0. The zero-order valence-electron chi connectivity index (χ0n) is 18.7. The topological polar surface area (TPSA) is 82.2 Å². The van der Waals surface area contributed by atoms with E-state index < -0.39 is 6.04 Å². The first kappa shape index (κ1) is 23.7. The second-order valence-electron chi connectivity index (χ2n) is 8.04. The van der Waals surface area contributed by atoms with E-state index in [1.165, 1.54) is 0 Å². The summed E-state index contributed by atoms with van der Waals surface area (Å²) in [4.78, 5) is 43.0.